The van der Waals surface area contributed by atoms with E-state index in [1.54, 1.807) is 0 Å². The molecule has 1 saturated carbocycles. The first kappa shape index (κ1) is 11.7. The Kier molecular flexibility index (Phi) is 4.08. The molecule has 1 N–H and O–H groups in total. The van der Waals surface area contributed by atoms with Crippen molar-refractivity contribution in [3.05, 3.63) is 0 Å². The number of nitrogens with zero attached hydrogens (tertiary/aromatic N) is 2. The minimum absolute atomic E-state index is 0.883. The third-order valence-electron chi connectivity index (χ3n) is 3.92. The molecule has 2 aliphatic rings. The van der Waals surface area contributed by atoms with E-state index in [1.165, 1.54) is 38.8 Å². The first-order valence-electron chi connectivity index (χ1n) is 6.88. The molecule has 0 amide bonds. The van der Waals surface area contributed by atoms with Crippen LogP contribution in [-0.2, 0) is 0 Å². The van der Waals surface area contributed by atoms with E-state index in [-0.39, 0.29) is 0 Å². The Morgan fingerprint density at radius 3 is 2.31 bits per heavy atom. The Balaban J connectivity index is 1.97. The maximum absolute atomic E-state index is 4.59. The summed E-state index contributed by atoms with van der Waals surface area (Å²) < 4.78 is 0. The van der Waals surface area contributed by atoms with Crippen molar-refractivity contribution in [2.24, 2.45) is 16.8 Å². The molecule has 0 bridgehead atoms. The fourth-order valence-corrected chi connectivity index (χ4v) is 3.15. The standard InChI is InChI=1S/C13H25N3/c1-3-14-13(15-4-2)16-9-11-7-5-6-8-12(11)10-16/h11-12H,3-10H2,1-2H3,(H,14,15). The van der Waals surface area contributed by atoms with Gasteiger partial charge in [0, 0.05) is 26.2 Å². The van der Waals surface area contributed by atoms with Gasteiger partial charge in [-0.15, -0.1) is 0 Å². The van der Waals surface area contributed by atoms with Gasteiger partial charge in [0.25, 0.3) is 0 Å². The van der Waals surface area contributed by atoms with Crippen molar-refractivity contribution < 1.29 is 0 Å². The Bertz CT molecular complexity index is 236. The third-order valence-corrected chi connectivity index (χ3v) is 3.92. The van der Waals surface area contributed by atoms with Crippen LogP contribution in [0.5, 0.6) is 0 Å². The molecular weight excluding hydrogens is 198 g/mol. The van der Waals surface area contributed by atoms with E-state index in [0.29, 0.717) is 0 Å². The summed E-state index contributed by atoms with van der Waals surface area (Å²) in [6.07, 6.45) is 5.76. The van der Waals surface area contributed by atoms with Crippen molar-refractivity contribution in [3.8, 4) is 0 Å². The van der Waals surface area contributed by atoms with Crippen LogP contribution in [0.25, 0.3) is 0 Å². The van der Waals surface area contributed by atoms with Crippen LogP contribution in [0.15, 0.2) is 4.99 Å². The predicted molar refractivity (Wildman–Crippen MR) is 68.7 cm³/mol. The van der Waals surface area contributed by atoms with Crippen LogP contribution >= 0.6 is 0 Å². The van der Waals surface area contributed by atoms with Crippen LogP contribution in [0.1, 0.15) is 39.5 Å². The number of fused-ring (bicyclic) bond motifs is 1. The summed E-state index contributed by atoms with van der Waals surface area (Å²) in [7, 11) is 0. The van der Waals surface area contributed by atoms with E-state index in [4.69, 9.17) is 0 Å². The monoisotopic (exact) mass is 223 g/mol. The van der Waals surface area contributed by atoms with Gasteiger partial charge in [-0.2, -0.15) is 0 Å². The van der Waals surface area contributed by atoms with Gasteiger partial charge in [0.05, 0.1) is 0 Å². The van der Waals surface area contributed by atoms with Crippen molar-refractivity contribution >= 4 is 5.96 Å². The molecule has 1 aliphatic carbocycles. The number of guanidine groups is 1. The first-order chi connectivity index (χ1) is 7.85. The molecular formula is C13H25N3. The van der Waals surface area contributed by atoms with Gasteiger partial charge < -0.3 is 10.2 Å². The highest BCUT2D eigenvalue weighted by Crippen LogP contribution is 2.35. The fourth-order valence-electron chi connectivity index (χ4n) is 3.15. The molecule has 2 fully saturated rings. The van der Waals surface area contributed by atoms with Crippen molar-refractivity contribution in [1.29, 1.82) is 0 Å². The van der Waals surface area contributed by atoms with Crippen LogP contribution in [0.4, 0.5) is 0 Å². The smallest absolute Gasteiger partial charge is 0.193 e. The quantitative estimate of drug-likeness (QED) is 0.573. The average Bonchev–Trinajstić information content (AvgIpc) is 2.72. The Morgan fingerprint density at radius 2 is 1.81 bits per heavy atom. The van der Waals surface area contributed by atoms with Crippen LogP contribution in [0.2, 0.25) is 0 Å². The number of likely N-dealkylation sites (tertiary alicyclic amines) is 1. The van der Waals surface area contributed by atoms with Gasteiger partial charge in [0.15, 0.2) is 5.96 Å². The molecule has 1 heterocycles. The third kappa shape index (κ3) is 2.50. The molecule has 92 valence electrons. The van der Waals surface area contributed by atoms with Crippen molar-refractivity contribution in [3.63, 3.8) is 0 Å². The van der Waals surface area contributed by atoms with Crippen LogP contribution in [0, 0.1) is 11.8 Å². The van der Waals surface area contributed by atoms with E-state index in [2.05, 4.69) is 29.1 Å². The molecule has 3 heteroatoms. The van der Waals surface area contributed by atoms with Gasteiger partial charge >= 0.3 is 0 Å². The molecule has 2 rings (SSSR count). The number of aliphatic imine (C=N–C) groups is 1. The Labute approximate surface area is 99.3 Å². The van der Waals surface area contributed by atoms with Gasteiger partial charge in [-0.1, -0.05) is 12.8 Å². The predicted octanol–water partition coefficient (Wildman–Crippen LogP) is 2.09. The van der Waals surface area contributed by atoms with E-state index in [0.717, 1.165) is 30.9 Å². The summed E-state index contributed by atoms with van der Waals surface area (Å²) in [5.41, 5.74) is 0. The number of rotatable bonds is 2. The summed E-state index contributed by atoms with van der Waals surface area (Å²) in [4.78, 5) is 7.07. The van der Waals surface area contributed by atoms with Gasteiger partial charge in [-0.05, 0) is 38.5 Å². The van der Waals surface area contributed by atoms with Gasteiger partial charge in [0.2, 0.25) is 0 Å². The average molecular weight is 223 g/mol. The lowest BCUT2D eigenvalue weighted by Gasteiger charge is -2.22. The Hall–Kier alpha value is -0.730. The zero-order valence-corrected chi connectivity index (χ0v) is 10.7. The topological polar surface area (TPSA) is 27.6 Å². The highest BCUT2D eigenvalue weighted by Gasteiger charge is 2.35. The maximum Gasteiger partial charge on any atom is 0.193 e. The molecule has 1 aliphatic heterocycles. The highest BCUT2D eigenvalue weighted by atomic mass is 15.3. The second kappa shape index (κ2) is 5.55. The van der Waals surface area contributed by atoms with Crippen LogP contribution < -0.4 is 5.32 Å². The van der Waals surface area contributed by atoms with E-state index < -0.39 is 0 Å². The van der Waals surface area contributed by atoms with E-state index in [9.17, 15) is 0 Å². The summed E-state index contributed by atoms with van der Waals surface area (Å²) in [6, 6.07) is 0. The molecule has 0 aromatic rings. The minimum atomic E-state index is 0.883. The molecule has 0 aromatic carbocycles. The zero-order valence-electron chi connectivity index (χ0n) is 10.7. The second-order valence-electron chi connectivity index (χ2n) is 5.04. The molecule has 1 saturated heterocycles. The van der Waals surface area contributed by atoms with Crippen LogP contribution in [0.3, 0.4) is 0 Å². The lowest BCUT2D eigenvalue weighted by molar-refractivity contribution is 0.299. The zero-order chi connectivity index (χ0) is 11.4. The van der Waals surface area contributed by atoms with Crippen molar-refractivity contribution in [2.45, 2.75) is 39.5 Å². The molecule has 0 aromatic heterocycles. The van der Waals surface area contributed by atoms with E-state index >= 15 is 0 Å². The maximum atomic E-state index is 4.59. The molecule has 3 nitrogen and oxygen atoms in total. The number of hydrogen-bond donors (Lipinski definition) is 1. The molecule has 2 unspecified atom stereocenters. The molecule has 2 atom stereocenters. The summed E-state index contributed by atoms with van der Waals surface area (Å²) in [6.45, 7) is 8.58. The van der Waals surface area contributed by atoms with Crippen LogP contribution in [-0.4, -0.2) is 37.0 Å². The number of hydrogen-bond acceptors (Lipinski definition) is 1. The molecule has 0 spiro atoms. The summed E-state index contributed by atoms with van der Waals surface area (Å²) in [5.74, 6) is 3.02. The lowest BCUT2D eigenvalue weighted by Crippen LogP contribution is -2.40. The Morgan fingerprint density at radius 1 is 1.19 bits per heavy atom. The SMILES string of the molecule is CCN=C(NCC)N1CC2CCCCC2C1. The second-order valence-corrected chi connectivity index (χ2v) is 5.04. The molecule has 0 radical (unpaired) electrons. The normalized spacial score (nSPS) is 30.4. The van der Waals surface area contributed by atoms with Gasteiger partial charge in [-0.25, -0.2) is 0 Å². The summed E-state index contributed by atoms with van der Waals surface area (Å²) in [5, 5.41) is 3.41. The molecule has 16 heavy (non-hydrogen) atoms. The van der Waals surface area contributed by atoms with Gasteiger partial charge in [-0.3, -0.25) is 4.99 Å². The van der Waals surface area contributed by atoms with Gasteiger partial charge in [0.1, 0.15) is 0 Å². The first-order valence-corrected chi connectivity index (χ1v) is 6.88. The number of nitrogens with one attached hydrogen (secondary N) is 1. The van der Waals surface area contributed by atoms with Crippen molar-refractivity contribution in [1.82, 2.24) is 10.2 Å². The minimum Gasteiger partial charge on any atom is -0.357 e. The van der Waals surface area contributed by atoms with Crippen molar-refractivity contribution in [2.75, 3.05) is 26.2 Å². The summed E-state index contributed by atoms with van der Waals surface area (Å²) >= 11 is 0. The van der Waals surface area contributed by atoms with E-state index in [1.807, 2.05) is 0 Å². The lowest BCUT2D eigenvalue weighted by atomic mass is 9.82. The highest BCUT2D eigenvalue weighted by molar-refractivity contribution is 5.80. The largest absolute Gasteiger partial charge is 0.357 e. The fraction of sp³-hybridized carbons (Fsp3) is 0.923.